The van der Waals surface area contributed by atoms with Gasteiger partial charge in [0.15, 0.2) is 0 Å². The van der Waals surface area contributed by atoms with Crippen molar-refractivity contribution in [2.75, 3.05) is 0 Å². The van der Waals surface area contributed by atoms with Gasteiger partial charge in [0.1, 0.15) is 12.6 Å². The van der Waals surface area contributed by atoms with E-state index >= 15 is 0 Å². The molecule has 7 nitrogen and oxygen atoms in total. The predicted molar refractivity (Wildman–Crippen MR) is 77.4 cm³/mol. The molecule has 0 saturated heterocycles. The van der Waals surface area contributed by atoms with Crippen molar-refractivity contribution in [1.29, 1.82) is 0 Å². The molecule has 2 aromatic rings. The molecule has 1 atom stereocenters. The number of benzene rings is 1. The summed E-state index contributed by atoms with van der Waals surface area (Å²) in [5, 5.41) is 0. The number of aromatic nitrogens is 2. The maximum Gasteiger partial charge on any atom is 0.411 e. The van der Waals surface area contributed by atoms with E-state index in [4.69, 9.17) is 10.5 Å². The number of ether oxygens (including phenoxy) is 1. The standard InChI is InChI=1S/C15H16N4O3/c16-14(20)13-6-11-12(18-9-17-11)7-19(13)15(21)22-8-10-4-2-1-3-5-10/h1-5,9,13H,6-8H2,(H2,16,20)(H,17,18). The van der Waals surface area contributed by atoms with Gasteiger partial charge in [-0.25, -0.2) is 9.78 Å². The Kier molecular flexibility index (Phi) is 3.78. The van der Waals surface area contributed by atoms with E-state index in [-0.39, 0.29) is 13.2 Å². The van der Waals surface area contributed by atoms with Crippen LogP contribution in [0.4, 0.5) is 4.79 Å². The molecule has 3 rings (SSSR count). The number of nitrogens with zero attached hydrogens (tertiary/aromatic N) is 2. The van der Waals surface area contributed by atoms with Gasteiger partial charge in [0.25, 0.3) is 0 Å². The lowest BCUT2D eigenvalue weighted by atomic mass is 10.0. The number of carbonyl (C=O) groups is 2. The number of rotatable bonds is 3. The second-order valence-corrected chi connectivity index (χ2v) is 5.12. The first-order chi connectivity index (χ1) is 10.6. The van der Waals surface area contributed by atoms with Crippen LogP contribution >= 0.6 is 0 Å². The molecule has 0 bridgehead atoms. The third kappa shape index (κ3) is 2.78. The summed E-state index contributed by atoms with van der Waals surface area (Å²) >= 11 is 0. The molecule has 2 heterocycles. The number of H-pyrrole nitrogens is 1. The van der Waals surface area contributed by atoms with E-state index in [0.29, 0.717) is 6.42 Å². The monoisotopic (exact) mass is 300 g/mol. The Morgan fingerprint density at radius 1 is 1.36 bits per heavy atom. The van der Waals surface area contributed by atoms with Gasteiger partial charge in [0.05, 0.1) is 24.3 Å². The van der Waals surface area contributed by atoms with Crippen LogP contribution in [-0.4, -0.2) is 32.9 Å². The van der Waals surface area contributed by atoms with E-state index in [0.717, 1.165) is 17.0 Å². The summed E-state index contributed by atoms with van der Waals surface area (Å²) in [5.74, 6) is -0.565. The van der Waals surface area contributed by atoms with Crippen LogP contribution in [0.3, 0.4) is 0 Å². The summed E-state index contributed by atoms with van der Waals surface area (Å²) in [6, 6.07) is 8.61. The lowest BCUT2D eigenvalue weighted by Gasteiger charge is -2.32. The van der Waals surface area contributed by atoms with Gasteiger partial charge >= 0.3 is 6.09 Å². The number of fused-ring (bicyclic) bond motifs is 1. The van der Waals surface area contributed by atoms with Crippen molar-refractivity contribution in [3.8, 4) is 0 Å². The summed E-state index contributed by atoms with van der Waals surface area (Å²) < 4.78 is 5.28. The molecular formula is C15H16N4O3. The van der Waals surface area contributed by atoms with Gasteiger partial charge in [0.2, 0.25) is 5.91 Å². The van der Waals surface area contributed by atoms with Crippen molar-refractivity contribution in [2.45, 2.75) is 25.6 Å². The van der Waals surface area contributed by atoms with Gasteiger partial charge in [-0.2, -0.15) is 0 Å². The molecule has 0 spiro atoms. The molecule has 0 radical (unpaired) electrons. The lowest BCUT2D eigenvalue weighted by Crippen LogP contribution is -2.51. The highest BCUT2D eigenvalue weighted by Gasteiger charge is 2.35. The summed E-state index contributed by atoms with van der Waals surface area (Å²) in [6.45, 7) is 0.383. The molecule has 2 amide bonds. The number of nitrogens with two attached hydrogens (primary N) is 1. The molecule has 0 aliphatic carbocycles. The van der Waals surface area contributed by atoms with Gasteiger partial charge in [0, 0.05) is 6.42 Å². The minimum Gasteiger partial charge on any atom is -0.445 e. The van der Waals surface area contributed by atoms with Crippen molar-refractivity contribution in [3.05, 3.63) is 53.6 Å². The van der Waals surface area contributed by atoms with Crippen LogP contribution in [0.5, 0.6) is 0 Å². The number of aromatic amines is 1. The number of hydrogen-bond acceptors (Lipinski definition) is 4. The first kappa shape index (κ1) is 14.1. The topological polar surface area (TPSA) is 101 Å². The highest BCUT2D eigenvalue weighted by Crippen LogP contribution is 2.21. The maximum absolute atomic E-state index is 12.3. The van der Waals surface area contributed by atoms with Crippen molar-refractivity contribution in [2.24, 2.45) is 5.73 Å². The molecule has 1 aromatic carbocycles. The molecule has 22 heavy (non-hydrogen) atoms. The third-order valence-electron chi connectivity index (χ3n) is 3.67. The molecule has 7 heteroatoms. The summed E-state index contributed by atoms with van der Waals surface area (Å²) in [5.41, 5.74) is 7.84. The fraction of sp³-hybridized carbons (Fsp3) is 0.267. The van der Waals surface area contributed by atoms with E-state index < -0.39 is 18.0 Å². The van der Waals surface area contributed by atoms with Gasteiger partial charge in [-0.05, 0) is 5.56 Å². The average Bonchev–Trinajstić information content (AvgIpc) is 2.99. The molecule has 1 aromatic heterocycles. The van der Waals surface area contributed by atoms with Crippen LogP contribution in [-0.2, 0) is 29.1 Å². The quantitative estimate of drug-likeness (QED) is 0.881. The van der Waals surface area contributed by atoms with Crippen LogP contribution in [0.15, 0.2) is 36.7 Å². The number of primary amides is 1. The van der Waals surface area contributed by atoms with E-state index in [1.165, 1.54) is 4.90 Å². The Bertz CT molecular complexity index is 683. The molecule has 1 aliphatic heterocycles. The van der Waals surface area contributed by atoms with Crippen LogP contribution in [0.25, 0.3) is 0 Å². The molecule has 1 unspecified atom stereocenters. The van der Waals surface area contributed by atoms with Crippen molar-refractivity contribution in [1.82, 2.24) is 14.9 Å². The minimum atomic E-state index is -0.737. The Labute approximate surface area is 127 Å². The largest absolute Gasteiger partial charge is 0.445 e. The zero-order valence-corrected chi connectivity index (χ0v) is 11.9. The number of nitrogens with one attached hydrogen (secondary N) is 1. The first-order valence-corrected chi connectivity index (χ1v) is 6.93. The van der Waals surface area contributed by atoms with E-state index in [1.54, 1.807) is 6.33 Å². The van der Waals surface area contributed by atoms with E-state index in [2.05, 4.69) is 9.97 Å². The number of carbonyl (C=O) groups excluding carboxylic acids is 2. The van der Waals surface area contributed by atoms with Crippen LogP contribution in [0.1, 0.15) is 17.0 Å². The highest BCUT2D eigenvalue weighted by atomic mass is 16.6. The van der Waals surface area contributed by atoms with Crippen LogP contribution in [0, 0.1) is 0 Å². The Morgan fingerprint density at radius 3 is 2.86 bits per heavy atom. The van der Waals surface area contributed by atoms with Gasteiger partial charge in [-0.15, -0.1) is 0 Å². The van der Waals surface area contributed by atoms with Crippen molar-refractivity contribution in [3.63, 3.8) is 0 Å². The highest BCUT2D eigenvalue weighted by molar-refractivity contribution is 5.85. The fourth-order valence-corrected chi connectivity index (χ4v) is 2.48. The first-order valence-electron chi connectivity index (χ1n) is 6.93. The van der Waals surface area contributed by atoms with Crippen LogP contribution in [0.2, 0.25) is 0 Å². The number of imidazole rings is 1. The van der Waals surface area contributed by atoms with Gasteiger partial charge in [-0.1, -0.05) is 30.3 Å². The predicted octanol–water partition coefficient (Wildman–Crippen LogP) is 0.958. The Balaban J connectivity index is 1.71. The van der Waals surface area contributed by atoms with Crippen molar-refractivity contribution < 1.29 is 14.3 Å². The molecule has 1 aliphatic rings. The van der Waals surface area contributed by atoms with Gasteiger partial charge in [-0.3, -0.25) is 9.69 Å². The molecule has 0 fully saturated rings. The zero-order chi connectivity index (χ0) is 15.5. The lowest BCUT2D eigenvalue weighted by molar-refractivity contribution is -0.123. The van der Waals surface area contributed by atoms with E-state index in [9.17, 15) is 9.59 Å². The molecule has 3 N–H and O–H groups in total. The molecule has 0 saturated carbocycles. The maximum atomic E-state index is 12.3. The number of hydrogen-bond donors (Lipinski definition) is 2. The fourth-order valence-electron chi connectivity index (χ4n) is 2.48. The third-order valence-corrected chi connectivity index (χ3v) is 3.67. The normalized spacial score (nSPS) is 16.9. The Morgan fingerprint density at radius 2 is 2.14 bits per heavy atom. The molecular weight excluding hydrogens is 284 g/mol. The van der Waals surface area contributed by atoms with Crippen LogP contribution < -0.4 is 5.73 Å². The minimum absolute atomic E-state index is 0.150. The smallest absolute Gasteiger partial charge is 0.411 e. The SMILES string of the molecule is NC(=O)C1Cc2nc[nH]c2CN1C(=O)OCc1ccccc1. The summed E-state index contributed by atoms with van der Waals surface area (Å²) in [7, 11) is 0. The summed E-state index contributed by atoms with van der Waals surface area (Å²) in [6.07, 6.45) is 1.28. The van der Waals surface area contributed by atoms with Gasteiger partial charge < -0.3 is 15.5 Å². The zero-order valence-electron chi connectivity index (χ0n) is 11.9. The molecule has 114 valence electrons. The second-order valence-electron chi connectivity index (χ2n) is 5.12. The second kappa shape index (κ2) is 5.88. The average molecular weight is 300 g/mol. The Hall–Kier alpha value is -2.83. The summed E-state index contributed by atoms with van der Waals surface area (Å²) in [4.78, 5) is 32.3. The van der Waals surface area contributed by atoms with E-state index in [1.807, 2.05) is 30.3 Å². The number of amides is 2. The van der Waals surface area contributed by atoms with Crippen molar-refractivity contribution >= 4 is 12.0 Å².